The van der Waals surface area contributed by atoms with Crippen molar-refractivity contribution in [2.75, 3.05) is 0 Å². The quantitative estimate of drug-likeness (QED) is 0.920. The lowest BCUT2D eigenvalue weighted by atomic mass is 9.87. The van der Waals surface area contributed by atoms with Crippen LogP contribution in [0.25, 0.3) is 0 Å². The van der Waals surface area contributed by atoms with Crippen LogP contribution in [0.3, 0.4) is 0 Å². The minimum absolute atomic E-state index is 0.147. The van der Waals surface area contributed by atoms with Crippen molar-refractivity contribution in [2.45, 2.75) is 69.9 Å². The number of hydrogen-bond acceptors (Lipinski definition) is 4. The van der Waals surface area contributed by atoms with Gasteiger partial charge in [0.05, 0.1) is 5.56 Å². The molecule has 2 fully saturated rings. The van der Waals surface area contributed by atoms with Crippen molar-refractivity contribution in [2.24, 2.45) is 5.92 Å². The molecule has 24 heavy (non-hydrogen) atoms. The van der Waals surface area contributed by atoms with Crippen LogP contribution in [0.5, 0.6) is 5.88 Å². The highest BCUT2D eigenvalue weighted by molar-refractivity contribution is 5.79. The average Bonchev–Trinajstić information content (AvgIpc) is 2.65. The van der Waals surface area contributed by atoms with E-state index < -0.39 is 0 Å². The van der Waals surface area contributed by atoms with Gasteiger partial charge in [0, 0.05) is 24.2 Å². The highest BCUT2D eigenvalue weighted by Gasteiger charge is 2.27. The Morgan fingerprint density at radius 2 is 1.88 bits per heavy atom. The Morgan fingerprint density at radius 3 is 2.50 bits per heavy atom. The van der Waals surface area contributed by atoms with Crippen LogP contribution in [-0.4, -0.2) is 23.0 Å². The van der Waals surface area contributed by atoms with Gasteiger partial charge in [0.25, 0.3) is 0 Å². The third kappa shape index (κ3) is 4.47. The van der Waals surface area contributed by atoms with E-state index in [0.29, 0.717) is 11.4 Å². The molecule has 2 saturated carbocycles. The second-order valence-electron chi connectivity index (χ2n) is 6.93. The van der Waals surface area contributed by atoms with E-state index in [0.717, 1.165) is 38.5 Å². The van der Waals surface area contributed by atoms with Gasteiger partial charge in [-0.25, -0.2) is 4.98 Å². The lowest BCUT2D eigenvalue weighted by Crippen LogP contribution is -2.42. The van der Waals surface area contributed by atoms with Crippen LogP contribution in [0.1, 0.15) is 63.4 Å². The maximum atomic E-state index is 12.3. The van der Waals surface area contributed by atoms with E-state index in [2.05, 4.69) is 16.4 Å². The lowest BCUT2D eigenvalue weighted by molar-refractivity contribution is -0.127. The molecule has 5 heteroatoms. The Labute approximate surface area is 143 Å². The zero-order valence-corrected chi connectivity index (χ0v) is 14.0. The minimum atomic E-state index is 0.147. The largest absolute Gasteiger partial charge is 0.474 e. The van der Waals surface area contributed by atoms with Crippen molar-refractivity contribution in [3.63, 3.8) is 0 Å². The van der Waals surface area contributed by atoms with Gasteiger partial charge < -0.3 is 10.1 Å². The molecule has 3 rings (SSSR count). The Bertz CT molecular complexity index is 580. The van der Waals surface area contributed by atoms with Crippen LogP contribution in [0.4, 0.5) is 0 Å². The molecule has 0 unspecified atom stereocenters. The van der Waals surface area contributed by atoms with Crippen molar-refractivity contribution in [3.8, 4) is 11.9 Å². The van der Waals surface area contributed by atoms with Gasteiger partial charge in [-0.05, 0) is 44.6 Å². The fraction of sp³-hybridized carbons (Fsp3) is 0.632. The van der Waals surface area contributed by atoms with Crippen molar-refractivity contribution >= 4 is 5.91 Å². The molecule has 0 aromatic carbocycles. The first kappa shape index (κ1) is 16.8. The maximum absolute atomic E-state index is 12.3. The molecule has 1 amide bonds. The summed E-state index contributed by atoms with van der Waals surface area (Å²) in [4.78, 5) is 16.5. The molecule has 1 heterocycles. The first-order valence-corrected chi connectivity index (χ1v) is 9.08. The molecule has 1 aromatic heterocycles. The van der Waals surface area contributed by atoms with Gasteiger partial charge in [0.2, 0.25) is 11.8 Å². The number of ether oxygens (including phenoxy) is 1. The van der Waals surface area contributed by atoms with E-state index >= 15 is 0 Å². The fourth-order valence-corrected chi connectivity index (χ4v) is 3.70. The van der Waals surface area contributed by atoms with E-state index in [9.17, 15) is 4.79 Å². The number of amides is 1. The van der Waals surface area contributed by atoms with Crippen LogP contribution in [0, 0.1) is 17.2 Å². The first-order chi connectivity index (χ1) is 11.7. The molecular weight excluding hydrogens is 302 g/mol. The smallest absolute Gasteiger partial charge is 0.223 e. The van der Waals surface area contributed by atoms with Crippen molar-refractivity contribution in [1.29, 1.82) is 5.26 Å². The molecule has 0 saturated heterocycles. The summed E-state index contributed by atoms with van der Waals surface area (Å²) in [6, 6.07) is 5.80. The number of carbonyl (C=O) groups excluding carboxylic acids is 1. The topological polar surface area (TPSA) is 75.0 Å². The third-order valence-electron chi connectivity index (χ3n) is 5.15. The Hall–Kier alpha value is -2.09. The minimum Gasteiger partial charge on any atom is -0.474 e. The molecule has 0 spiro atoms. The summed E-state index contributed by atoms with van der Waals surface area (Å²) >= 11 is 0. The second kappa shape index (κ2) is 8.14. The predicted octanol–water partition coefficient (Wildman–Crippen LogP) is 3.34. The zero-order valence-electron chi connectivity index (χ0n) is 14.0. The van der Waals surface area contributed by atoms with Gasteiger partial charge in [-0.1, -0.05) is 19.3 Å². The molecule has 128 valence electrons. The van der Waals surface area contributed by atoms with E-state index in [4.69, 9.17) is 10.00 Å². The molecule has 5 nitrogen and oxygen atoms in total. The number of pyridine rings is 1. The van der Waals surface area contributed by atoms with Crippen LogP contribution < -0.4 is 10.1 Å². The molecule has 0 bridgehead atoms. The van der Waals surface area contributed by atoms with Crippen molar-refractivity contribution in [3.05, 3.63) is 23.9 Å². The number of nitriles is 1. The van der Waals surface area contributed by atoms with Crippen molar-refractivity contribution < 1.29 is 9.53 Å². The summed E-state index contributed by atoms with van der Waals surface area (Å²) in [7, 11) is 0. The van der Waals surface area contributed by atoms with Crippen LogP contribution >= 0.6 is 0 Å². The number of hydrogen-bond donors (Lipinski definition) is 1. The maximum Gasteiger partial charge on any atom is 0.223 e. The number of rotatable bonds is 4. The van der Waals surface area contributed by atoms with E-state index in [1.165, 1.54) is 25.5 Å². The predicted molar refractivity (Wildman–Crippen MR) is 90.3 cm³/mol. The fourth-order valence-electron chi connectivity index (χ4n) is 3.70. The molecule has 2 aliphatic carbocycles. The SMILES string of the molecule is N#Cc1ccc(OC2CCC(NC(=O)C3CCCCC3)CC2)nc1. The number of carbonyl (C=O) groups is 1. The average molecular weight is 327 g/mol. The van der Waals surface area contributed by atoms with Gasteiger partial charge >= 0.3 is 0 Å². The zero-order chi connectivity index (χ0) is 16.8. The third-order valence-corrected chi connectivity index (χ3v) is 5.15. The molecule has 0 atom stereocenters. The Morgan fingerprint density at radius 1 is 1.12 bits per heavy atom. The summed E-state index contributed by atoms with van der Waals surface area (Å²) in [6.45, 7) is 0. The van der Waals surface area contributed by atoms with Gasteiger partial charge in [-0.15, -0.1) is 0 Å². The monoisotopic (exact) mass is 327 g/mol. The van der Waals surface area contributed by atoms with Gasteiger partial charge in [0.1, 0.15) is 12.2 Å². The van der Waals surface area contributed by atoms with Crippen LogP contribution in [-0.2, 0) is 4.79 Å². The molecule has 0 aliphatic heterocycles. The molecule has 1 aromatic rings. The van der Waals surface area contributed by atoms with E-state index in [-0.39, 0.29) is 24.0 Å². The summed E-state index contributed by atoms with van der Waals surface area (Å²) in [5, 5.41) is 12.0. The standard InChI is InChI=1S/C19H25N3O2/c20-12-14-6-11-18(21-13-14)24-17-9-7-16(8-10-17)22-19(23)15-4-2-1-3-5-15/h6,11,13,15-17H,1-5,7-10H2,(H,22,23). The number of aromatic nitrogens is 1. The molecule has 1 N–H and O–H groups in total. The first-order valence-electron chi connectivity index (χ1n) is 9.08. The Balaban J connectivity index is 1.42. The summed E-state index contributed by atoms with van der Waals surface area (Å²) in [6.07, 6.45) is 11.2. The van der Waals surface area contributed by atoms with Gasteiger partial charge in [-0.3, -0.25) is 4.79 Å². The van der Waals surface area contributed by atoms with E-state index in [1.807, 2.05) is 0 Å². The summed E-state index contributed by atoms with van der Waals surface area (Å²) < 4.78 is 5.89. The highest BCUT2D eigenvalue weighted by atomic mass is 16.5. The van der Waals surface area contributed by atoms with Gasteiger partial charge in [-0.2, -0.15) is 5.26 Å². The van der Waals surface area contributed by atoms with E-state index in [1.54, 1.807) is 12.1 Å². The van der Waals surface area contributed by atoms with Crippen LogP contribution in [0.2, 0.25) is 0 Å². The number of nitrogens with zero attached hydrogens (tertiary/aromatic N) is 2. The second-order valence-corrected chi connectivity index (χ2v) is 6.93. The highest BCUT2D eigenvalue weighted by Crippen LogP contribution is 2.26. The Kier molecular flexibility index (Phi) is 5.68. The molecule has 0 radical (unpaired) electrons. The number of nitrogens with one attached hydrogen (secondary N) is 1. The lowest BCUT2D eigenvalue weighted by Gasteiger charge is -2.31. The normalized spacial score (nSPS) is 24.8. The molecular formula is C19H25N3O2. The van der Waals surface area contributed by atoms with Gasteiger partial charge in [0.15, 0.2) is 0 Å². The summed E-state index contributed by atoms with van der Waals surface area (Å²) in [5.41, 5.74) is 0.538. The molecule has 2 aliphatic rings. The van der Waals surface area contributed by atoms with Crippen LogP contribution in [0.15, 0.2) is 18.3 Å². The van der Waals surface area contributed by atoms with Crippen molar-refractivity contribution in [1.82, 2.24) is 10.3 Å². The summed E-state index contributed by atoms with van der Waals surface area (Å²) in [5.74, 6) is 1.06.